The van der Waals surface area contributed by atoms with Crippen molar-refractivity contribution in [1.29, 1.82) is 0 Å². The first-order valence-electron chi connectivity index (χ1n) is 6.94. The van der Waals surface area contributed by atoms with Crippen molar-refractivity contribution >= 4 is 28.9 Å². The molecule has 0 aromatic heterocycles. The van der Waals surface area contributed by atoms with E-state index in [1.54, 1.807) is 43.3 Å². The van der Waals surface area contributed by atoms with Crippen LogP contribution < -0.4 is 10.2 Å². The summed E-state index contributed by atoms with van der Waals surface area (Å²) in [6.45, 7) is 1.40. The van der Waals surface area contributed by atoms with Crippen LogP contribution in [0.3, 0.4) is 0 Å². The molecule has 0 radical (unpaired) electrons. The molecule has 0 saturated carbocycles. The lowest BCUT2D eigenvalue weighted by Gasteiger charge is -2.29. The number of nitro groups is 1. The van der Waals surface area contributed by atoms with Crippen LogP contribution in [-0.4, -0.2) is 23.3 Å². The minimum Gasteiger partial charge on any atom is -0.323 e. The molecule has 0 fully saturated rings. The quantitative estimate of drug-likeness (QED) is 0.681. The lowest BCUT2D eigenvalue weighted by atomic mass is 10.1. The van der Waals surface area contributed by atoms with Gasteiger partial charge in [-0.05, 0) is 25.1 Å². The van der Waals surface area contributed by atoms with Crippen LogP contribution in [0.15, 0.2) is 42.5 Å². The third kappa shape index (κ3) is 2.52. The van der Waals surface area contributed by atoms with Gasteiger partial charge in [-0.15, -0.1) is 0 Å². The zero-order chi connectivity index (χ0) is 16.6. The number of aryl methyl sites for hydroxylation is 1. The maximum atomic E-state index is 12.8. The van der Waals surface area contributed by atoms with E-state index in [1.165, 1.54) is 11.0 Å². The number of amides is 2. The number of fused-ring (bicyclic) bond motifs is 1. The summed E-state index contributed by atoms with van der Waals surface area (Å²) in [5.74, 6) is -0.907. The zero-order valence-corrected chi connectivity index (χ0v) is 12.3. The third-order valence-electron chi connectivity index (χ3n) is 3.67. The molecule has 1 heterocycles. The fourth-order valence-corrected chi connectivity index (χ4v) is 2.63. The van der Waals surface area contributed by atoms with Crippen molar-refractivity contribution in [3.8, 4) is 0 Å². The lowest BCUT2D eigenvalue weighted by molar-refractivity contribution is -0.385. The van der Waals surface area contributed by atoms with Gasteiger partial charge in [-0.2, -0.15) is 0 Å². The number of nitrogens with one attached hydrogen (secondary N) is 1. The van der Waals surface area contributed by atoms with Crippen molar-refractivity contribution in [2.45, 2.75) is 6.92 Å². The summed E-state index contributed by atoms with van der Waals surface area (Å²) >= 11 is 0. The molecule has 0 spiro atoms. The normalized spacial score (nSPS) is 13.3. The fraction of sp³-hybridized carbons (Fsp3) is 0.125. The van der Waals surface area contributed by atoms with Gasteiger partial charge in [0.25, 0.3) is 11.6 Å². The maximum Gasteiger partial charge on any atom is 0.285 e. The van der Waals surface area contributed by atoms with Gasteiger partial charge in [0, 0.05) is 5.56 Å². The van der Waals surface area contributed by atoms with E-state index in [4.69, 9.17) is 0 Å². The van der Waals surface area contributed by atoms with Crippen molar-refractivity contribution in [3.05, 3.63) is 63.7 Å². The van der Waals surface area contributed by atoms with Crippen LogP contribution in [-0.2, 0) is 4.79 Å². The summed E-state index contributed by atoms with van der Waals surface area (Å²) in [5.41, 5.74) is 1.16. The summed E-state index contributed by atoms with van der Waals surface area (Å²) in [4.78, 5) is 36.6. The molecule has 1 aliphatic heterocycles. The van der Waals surface area contributed by atoms with Crippen LogP contribution in [0.1, 0.15) is 15.9 Å². The van der Waals surface area contributed by atoms with Gasteiger partial charge in [0.05, 0.1) is 16.3 Å². The molecule has 0 aliphatic carbocycles. The van der Waals surface area contributed by atoms with Gasteiger partial charge >= 0.3 is 0 Å². The summed E-state index contributed by atoms with van der Waals surface area (Å²) in [6, 6.07) is 11.4. The van der Waals surface area contributed by atoms with Gasteiger partial charge in [-0.3, -0.25) is 24.6 Å². The van der Waals surface area contributed by atoms with Crippen molar-refractivity contribution in [2.24, 2.45) is 0 Å². The van der Waals surface area contributed by atoms with E-state index < -0.39 is 10.8 Å². The Bertz CT molecular complexity index is 832. The second-order valence-corrected chi connectivity index (χ2v) is 5.18. The molecule has 1 aliphatic rings. The molecule has 0 unspecified atom stereocenters. The summed E-state index contributed by atoms with van der Waals surface area (Å²) in [7, 11) is 0. The van der Waals surface area contributed by atoms with E-state index in [-0.39, 0.29) is 23.7 Å². The van der Waals surface area contributed by atoms with Gasteiger partial charge in [-0.1, -0.05) is 24.3 Å². The third-order valence-corrected chi connectivity index (χ3v) is 3.67. The molecule has 0 saturated heterocycles. The topological polar surface area (TPSA) is 92.6 Å². The smallest absolute Gasteiger partial charge is 0.285 e. The van der Waals surface area contributed by atoms with Gasteiger partial charge in [0.1, 0.15) is 12.1 Å². The number of benzene rings is 2. The molecule has 2 aromatic rings. The van der Waals surface area contributed by atoms with Crippen LogP contribution in [0.25, 0.3) is 0 Å². The predicted molar refractivity (Wildman–Crippen MR) is 84.6 cm³/mol. The first-order chi connectivity index (χ1) is 11.0. The molecule has 3 rings (SSSR count). The van der Waals surface area contributed by atoms with Gasteiger partial charge in [0.2, 0.25) is 5.91 Å². The Balaban J connectivity index is 2.10. The molecule has 1 N–H and O–H groups in total. The Morgan fingerprint density at radius 3 is 2.70 bits per heavy atom. The molecule has 116 valence electrons. The minimum absolute atomic E-state index is 0.0282. The Hall–Kier alpha value is -3.22. The minimum atomic E-state index is -0.571. The first-order valence-corrected chi connectivity index (χ1v) is 6.94. The molecule has 0 atom stereocenters. The first kappa shape index (κ1) is 14.7. The number of rotatable bonds is 2. The SMILES string of the molecule is Cc1cccc(C(=O)N2CC(=O)Nc3ccccc32)c1[N+](=O)[O-]. The molecule has 23 heavy (non-hydrogen) atoms. The van der Waals surface area contributed by atoms with Crippen molar-refractivity contribution in [2.75, 3.05) is 16.8 Å². The molecular formula is C16H13N3O4. The van der Waals surface area contributed by atoms with Gasteiger partial charge < -0.3 is 5.32 Å². The summed E-state index contributed by atoms with van der Waals surface area (Å²) in [5, 5.41) is 14.0. The highest BCUT2D eigenvalue weighted by molar-refractivity contribution is 6.16. The van der Waals surface area contributed by atoms with Crippen LogP contribution in [0, 0.1) is 17.0 Å². The van der Waals surface area contributed by atoms with Crippen LogP contribution in [0.5, 0.6) is 0 Å². The highest BCUT2D eigenvalue weighted by atomic mass is 16.6. The molecule has 2 aromatic carbocycles. The van der Waals surface area contributed by atoms with E-state index in [0.29, 0.717) is 16.9 Å². The zero-order valence-electron chi connectivity index (χ0n) is 12.3. The number of nitrogens with zero attached hydrogens (tertiary/aromatic N) is 2. The summed E-state index contributed by atoms with van der Waals surface area (Å²) < 4.78 is 0. The molecular weight excluding hydrogens is 298 g/mol. The fourth-order valence-electron chi connectivity index (χ4n) is 2.63. The van der Waals surface area contributed by atoms with Crippen LogP contribution >= 0.6 is 0 Å². The number of nitro benzene ring substituents is 1. The molecule has 7 nitrogen and oxygen atoms in total. The van der Waals surface area contributed by atoms with E-state index in [0.717, 1.165) is 0 Å². The Morgan fingerprint density at radius 1 is 1.22 bits per heavy atom. The predicted octanol–water partition coefficient (Wildman–Crippen LogP) is 2.50. The molecule has 2 amide bonds. The number of hydrogen-bond donors (Lipinski definition) is 1. The largest absolute Gasteiger partial charge is 0.323 e. The van der Waals surface area contributed by atoms with E-state index in [2.05, 4.69) is 5.32 Å². The van der Waals surface area contributed by atoms with Crippen molar-refractivity contribution < 1.29 is 14.5 Å². The second-order valence-electron chi connectivity index (χ2n) is 5.18. The van der Waals surface area contributed by atoms with Crippen molar-refractivity contribution in [1.82, 2.24) is 0 Å². The highest BCUT2D eigenvalue weighted by Gasteiger charge is 2.31. The molecule has 7 heteroatoms. The van der Waals surface area contributed by atoms with E-state index >= 15 is 0 Å². The number of anilines is 2. The average molecular weight is 311 g/mol. The van der Waals surface area contributed by atoms with Gasteiger partial charge in [-0.25, -0.2) is 0 Å². The lowest BCUT2D eigenvalue weighted by Crippen LogP contribution is -2.42. The van der Waals surface area contributed by atoms with Crippen LogP contribution in [0.2, 0.25) is 0 Å². The van der Waals surface area contributed by atoms with Crippen molar-refractivity contribution in [3.63, 3.8) is 0 Å². The maximum absolute atomic E-state index is 12.8. The van der Waals surface area contributed by atoms with Gasteiger partial charge in [0.15, 0.2) is 0 Å². The number of carbonyl (C=O) groups is 2. The molecule has 0 bridgehead atoms. The Morgan fingerprint density at radius 2 is 1.96 bits per heavy atom. The van der Waals surface area contributed by atoms with E-state index in [1.807, 2.05) is 0 Å². The highest BCUT2D eigenvalue weighted by Crippen LogP contribution is 2.32. The average Bonchev–Trinajstić information content (AvgIpc) is 2.52. The number of carbonyl (C=O) groups excluding carboxylic acids is 2. The van der Waals surface area contributed by atoms with E-state index in [9.17, 15) is 19.7 Å². The second kappa shape index (κ2) is 5.53. The Labute approximate surface area is 131 Å². The Kier molecular flexibility index (Phi) is 3.53. The van der Waals surface area contributed by atoms with Crippen LogP contribution in [0.4, 0.5) is 17.1 Å². The number of para-hydroxylation sites is 3. The number of hydrogen-bond acceptors (Lipinski definition) is 4. The monoisotopic (exact) mass is 311 g/mol. The standard InChI is InChI=1S/C16H13N3O4/c1-10-5-4-6-11(15(10)19(22)23)16(21)18-9-14(20)17-12-7-2-3-8-13(12)18/h2-8H,9H2,1H3,(H,17,20). The summed E-state index contributed by atoms with van der Waals surface area (Å²) in [6.07, 6.45) is 0.